The molecule has 0 atom stereocenters. The Morgan fingerprint density at radius 1 is 1.31 bits per heavy atom. The molecule has 1 aromatic rings. The summed E-state index contributed by atoms with van der Waals surface area (Å²) in [5.41, 5.74) is 0.550. The molecule has 1 heterocycles. The summed E-state index contributed by atoms with van der Waals surface area (Å²) < 4.78 is 10.7. The minimum Gasteiger partial charge on any atom is -0.486 e. The molecule has 1 aromatic carbocycles. The lowest BCUT2D eigenvalue weighted by atomic mass is 10.2. The number of nitrogens with one attached hydrogen (secondary N) is 1. The number of carbonyl (C=O) groups is 1. The van der Waals surface area contributed by atoms with Gasteiger partial charge in [0, 0.05) is 18.0 Å². The van der Waals surface area contributed by atoms with Crippen LogP contribution >= 0.6 is 11.6 Å². The van der Waals surface area contributed by atoms with Crippen molar-refractivity contribution in [1.82, 2.24) is 5.32 Å². The average Bonchev–Trinajstić information content (AvgIpc) is 2.35. The maximum atomic E-state index is 11.6. The van der Waals surface area contributed by atoms with Crippen LogP contribution in [0.15, 0.2) is 18.2 Å². The molecular formula is C11H12ClNO3. The van der Waals surface area contributed by atoms with Crippen molar-refractivity contribution in [2.75, 3.05) is 25.6 Å². The summed E-state index contributed by atoms with van der Waals surface area (Å²) in [5, 5.41) is 2.69. The molecule has 0 saturated carbocycles. The van der Waals surface area contributed by atoms with Crippen molar-refractivity contribution in [3.05, 3.63) is 23.8 Å². The summed E-state index contributed by atoms with van der Waals surface area (Å²) in [4.78, 5) is 11.6. The smallest absolute Gasteiger partial charge is 0.251 e. The van der Waals surface area contributed by atoms with E-state index in [0.29, 0.717) is 42.7 Å². The molecule has 2 rings (SSSR count). The topological polar surface area (TPSA) is 47.6 Å². The van der Waals surface area contributed by atoms with Gasteiger partial charge >= 0.3 is 0 Å². The van der Waals surface area contributed by atoms with Crippen molar-refractivity contribution < 1.29 is 14.3 Å². The van der Waals surface area contributed by atoms with Crippen LogP contribution in [0.2, 0.25) is 0 Å². The molecule has 0 aromatic heterocycles. The van der Waals surface area contributed by atoms with Crippen molar-refractivity contribution in [1.29, 1.82) is 0 Å². The van der Waals surface area contributed by atoms with E-state index in [1.165, 1.54) is 0 Å². The zero-order valence-electron chi connectivity index (χ0n) is 8.66. The summed E-state index contributed by atoms with van der Waals surface area (Å²) >= 11 is 5.49. The molecule has 1 N–H and O–H groups in total. The van der Waals surface area contributed by atoms with Crippen molar-refractivity contribution in [3.63, 3.8) is 0 Å². The quantitative estimate of drug-likeness (QED) is 0.815. The zero-order valence-corrected chi connectivity index (χ0v) is 9.42. The number of halogens is 1. The van der Waals surface area contributed by atoms with Gasteiger partial charge in [-0.2, -0.15) is 0 Å². The molecule has 1 amide bonds. The van der Waals surface area contributed by atoms with Crippen molar-refractivity contribution in [2.45, 2.75) is 0 Å². The number of benzene rings is 1. The lowest BCUT2D eigenvalue weighted by Gasteiger charge is -2.18. The molecule has 0 radical (unpaired) electrons. The number of ether oxygens (including phenoxy) is 2. The van der Waals surface area contributed by atoms with E-state index >= 15 is 0 Å². The number of fused-ring (bicyclic) bond motifs is 1. The average molecular weight is 242 g/mol. The molecule has 0 unspecified atom stereocenters. The van der Waals surface area contributed by atoms with Gasteiger partial charge in [0.25, 0.3) is 5.91 Å². The SMILES string of the molecule is O=C(NCCCl)c1ccc2c(c1)OCCO2. The first-order valence-electron chi connectivity index (χ1n) is 5.05. The lowest BCUT2D eigenvalue weighted by Crippen LogP contribution is -2.25. The third-order valence-electron chi connectivity index (χ3n) is 2.18. The van der Waals surface area contributed by atoms with E-state index < -0.39 is 0 Å². The van der Waals surface area contributed by atoms with Crippen LogP contribution in [0.25, 0.3) is 0 Å². The van der Waals surface area contributed by atoms with Gasteiger partial charge < -0.3 is 14.8 Å². The van der Waals surface area contributed by atoms with E-state index in [0.717, 1.165) is 0 Å². The third-order valence-corrected chi connectivity index (χ3v) is 2.37. The molecule has 5 heteroatoms. The van der Waals surface area contributed by atoms with E-state index in [4.69, 9.17) is 21.1 Å². The molecule has 4 nitrogen and oxygen atoms in total. The number of hydrogen-bond donors (Lipinski definition) is 1. The first-order chi connectivity index (χ1) is 7.81. The number of alkyl halides is 1. The lowest BCUT2D eigenvalue weighted by molar-refractivity contribution is 0.0955. The van der Waals surface area contributed by atoms with E-state index in [9.17, 15) is 4.79 Å². The molecule has 0 bridgehead atoms. The van der Waals surface area contributed by atoms with Crippen LogP contribution in [0.4, 0.5) is 0 Å². The van der Waals surface area contributed by atoms with Gasteiger partial charge in [0.15, 0.2) is 11.5 Å². The largest absolute Gasteiger partial charge is 0.486 e. The molecule has 0 aliphatic carbocycles. The summed E-state index contributed by atoms with van der Waals surface area (Å²) in [7, 11) is 0. The maximum absolute atomic E-state index is 11.6. The fourth-order valence-corrected chi connectivity index (χ4v) is 1.54. The van der Waals surface area contributed by atoms with Crippen molar-refractivity contribution in [2.24, 2.45) is 0 Å². The molecule has 1 aliphatic heterocycles. The highest BCUT2D eigenvalue weighted by atomic mass is 35.5. The predicted molar refractivity (Wildman–Crippen MR) is 60.5 cm³/mol. The highest BCUT2D eigenvalue weighted by molar-refractivity contribution is 6.18. The van der Waals surface area contributed by atoms with E-state index in [-0.39, 0.29) is 5.91 Å². The molecule has 0 fully saturated rings. The summed E-state index contributed by atoms with van der Waals surface area (Å²) in [5.74, 6) is 1.54. The Balaban J connectivity index is 2.13. The zero-order chi connectivity index (χ0) is 11.4. The molecular weight excluding hydrogens is 230 g/mol. The number of rotatable bonds is 3. The van der Waals surface area contributed by atoms with Gasteiger partial charge in [0.1, 0.15) is 13.2 Å². The Morgan fingerprint density at radius 2 is 2.06 bits per heavy atom. The van der Waals surface area contributed by atoms with Crippen LogP contribution in [-0.2, 0) is 0 Å². The van der Waals surface area contributed by atoms with Gasteiger partial charge in [-0.15, -0.1) is 11.6 Å². The van der Waals surface area contributed by atoms with Gasteiger partial charge in [-0.3, -0.25) is 4.79 Å². The molecule has 16 heavy (non-hydrogen) atoms. The second-order valence-electron chi connectivity index (χ2n) is 3.30. The van der Waals surface area contributed by atoms with Crippen molar-refractivity contribution in [3.8, 4) is 11.5 Å². The Kier molecular flexibility index (Phi) is 3.51. The minimum absolute atomic E-state index is 0.155. The second kappa shape index (κ2) is 5.07. The summed E-state index contributed by atoms with van der Waals surface area (Å²) in [6.07, 6.45) is 0. The van der Waals surface area contributed by atoms with Gasteiger partial charge in [-0.1, -0.05) is 0 Å². The highest BCUT2D eigenvalue weighted by Crippen LogP contribution is 2.30. The van der Waals surface area contributed by atoms with Crippen LogP contribution in [0.3, 0.4) is 0 Å². The van der Waals surface area contributed by atoms with E-state index in [1.807, 2.05) is 0 Å². The van der Waals surface area contributed by atoms with Gasteiger partial charge in [-0.05, 0) is 18.2 Å². The highest BCUT2D eigenvalue weighted by Gasteiger charge is 2.14. The second-order valence-corrected chi connectivity index (χ2v) is 3.68. The Hall–Kier alpha value is -1.42. The molecule has 86 valence electrons. The Labute approximate surface area is 98.5 Å². The fraction of sp³-hybridized carbons (Fsp3) is 0.364. The van der Waals surface area contributed by atoms with Gasteiger partial charge in [-0.25, -0.2) is 0 Å². The number of amides is 1. The van der Waals surface area contributed by atoms with Gasteiger partial charge in [0.05, 0.1) is 0 Å². The van der Waals surface area contributed by atoms with E-state index in [1.54, 1.807) is 18.2 Å². The Morgan fingerprint density at radius 3 is 2.81 bits per heavy atom. The molecule has 1 aliphatic rings. The first kappa shape index (κ1) is 11.1. The van der Waals surface area contributed by atoms with Crippen LogP contribution in [0, 0.1) is 0 Å². The standard InChI is InChI=1S/C11H12ClNO3/c12-3-4-13-11(14)8-1-2-9-10(7-8)16-6-5-15-9/h1-2,7H,3-6H2,(H,13,14). The normalized spacial score (nSPS) is 13.3. The monoisotopic (exact) mass is 241 g/mol. The third kappa shape index (κ3) is 2.39. The maximum Gasteiger partial charge on any atom is 0.251 e. The van der Waals surface area contributed by atoms with Crippen LogP contribution in [0.5, 0.6) is 11.5 Å². The van der Waals surface area contributed by atoms with Crippen molar-refractivity contribution >= 4 is 17.5 Å². The fourth-order valence-electron chi connectivity index (χ4n) is 1.45. The summed E-state index contributed by atoms with van der Waals surface area (Å²) in [6.45, 7) is 1.51. The number of hydrogen-bond acceptors (Lipinski definition) is 3. The predicted octanol–water partition coefficient (Wildman–Crippen LogP) is 1.43. The van der Waals surface area contributed by atoms with Crippen LogP contribution < -0.4 is 14.8 Å². The number of carbonyl (C=O) groups excluding carboxylic acids is 1. The van der Waals surface area contributed by atoms with Crippen LogP contribution in [0.1, 0.15) is 10.4 Å². The summed E-state index contributed by atoms with van der Waals surface area (Å²) in [6, 6.07) is 5.12. The van der Waals surface area contributed by atoms with Crippen LogP contribution in [-0.4, -0.2) is 31.5 Å². The van der Waals surface area contributed by atoms with Gasteiger partial charge in [0.2, 0.25) is 0 Å². The minimum atomic E-state index is -0.155. The first-order valence-corrected chi connectivity index (χ1v) is 5.58. The van der Waals surface area contributed by atoms with E-state index in [2.05, 4.69) is 5.32 Å². The Bertz CT molecular complexity index is 395. The molecule has 0 spiro atoms. The molecule has 0 saturated heterocycles.